The normalized spacial score (nSPS) is 14.0. The van der Waals surface area contributed by atoms with Crippen LogP contribution in [0.5, 0.6) is 0 Å². The topological polar surface area (TPSA) is 66.5 Å². The molecule has 0 unspecified atom stereocenters. The van der Waals surface area contributed by atoms with Gasteiger partial charge in [-0.1, -0.05) is 31.2 Å². The molecular formula is C19H22N2O3S. The maximum atomic E-state index is 13.0. The molecule has 1 aliphatic rings. The predicted octanol–water partition coefficient (Wildman–Crippen LogP) is 3.57. The minimum Gasteiger partial charge on any atom is -0.326 e. The van der Waals surface area contributed by atoms with Crippen molar-refractivity contribution in [3.8, 4) is 0 Å². The first-order chi connectivity index (χ1) is 12.0. The number of amides is 1. The van der Waals surface area contributed by atoms with E-state index in [-0.39, 0.29) is 10.8 Å². The second kappa shape index (κ2) is 7.27. The minimum absolute atomic E-state index is 0.0595. The van der Waals surface area contributed by atoms with Gasteiger partial charge in [0.1, 0.15) is 0 Å². The molecule has 1 amide bonds. The monoisotopic (exact) mass is 358 g/mol. The van der Waals surface area contributed by atoms with Crippen molar-refractivity contribution >= 4 is 27.3 Å². The van der Waals surface area contributed by atoms with E-state index < -0.39 is 10.0 Å². The number of nitrogens with zero attached hydrogens (tertiary/aromatic N) is 1. The van der Waals surface area contributed by atoms with Crippen LogP contribution in [0.3, 0.4) is 0 Å². The zero-order valence-electron chi connectivity index (χ0n) is 14.2. The lowest BCUT2D eigenvalue weighted by Gasteiger charge is -2.31. The van der Waals surface area contributed by atoms with Crippen LogP contribution >= 0.6 is 0 Å². The van der Waals surface area contributed by atoms with E-state index in [1.165, 1.54) is 4.31 Å². The zero-order chi connectivity index (χ0) is 17.9. The molecule has 2 aromatic rings. The summed E-state index contributed by atoms with van der Waals surface area (Å²) >= 11 is 0. The maximum Gasteiger partial charge on any atom is 0.264 e. The molecule has 0 aromatic heterocycles. The molecule has 0 aliphatic carbocycles. The molecule has 1 N–H and O–H groups in total. The molecule has 3 rings (SSSR count). The number of rotatable bonds is 5. The molecule has 1 aliphatic heterocycles. The van der Waals surface area contributed by atoms with Crippen molar-refractivity contribution < 1.29 is 13.2 Å². The van der Waals surface area contributed by atoms with Gasteiger partial charge in [-0.15, -0.1) is 0 Å². The van der Waals surface area contributed by atoms with Gasteiger partial charge in [-0.2, -0.15) is 0 Å². The molecule has 5 nitrogen and oxygen atoms in total. The molecule has 0 fully saturated rings. The van der Waals surface area contributed by atoms with Crippen molar-refractivity contribution in [1.29, 1.82) is 0 Å². The van der Waals surface area contributed by atoms with E-state index >= 15 is 0 Å². The number of fused-ring (bicyclic) bond motifs is 1. The number of carbonyl (C=O) groups excluding carboxylic acids is 1. The average molecular weight is 358 g/mol. The zero-order valence-corrected chi connectivity index (χ0v) is 15.1. The van der Waals surface area contributed by atoms with Crippen LogP contribution in [-0.2, 0) is 21.2 Å². The number of hydrogen-bond donors (Lipinski definition) is 1. The van der Waals surface area contributed by atoms with Crippen LogP contribution in [0.25, 0.3) is 0 Å². The summed E-state index contributed by atoms with van der Waals surface area (Å²) in [5.74, 6) is -0.0595. The summed E-state index contributed by atoms with van der Waals surface area (Å²) in [5.41, 5.74) is 2.27. The summed E-state index contributed by atoms with van der Waals surface area (Å²) in [6.07, 6.45) is 2.83. The molecule has 6 heteroatoms. The standard InChI is InChI=1S/C19H22N2O3S/c1-2-7-19(22)20-16-12-11-15-8-6-13-21(18(15)14-16)25(23,24)17-9-4-3-5-10-17/h3-5,9-12,14H,2,6-8,13H2,1H3,(H,20,22). The Labute approximate surface area is 148 Å². The van der Waals surface area contributed by atoms with Gasteiger partial charge in [-0.25, -0.2) is 8.42 Å². The first-order valence-corrected chi connectivity index (χ1v) is 9.97. The minimum atomic E-state index is -3.61. The number of carbonyl (C=O) groups is 1. The van der Waals surface area contributed by atoms with Gasteiger partial charge in [0.15, 0.2) is 0 Å². The lowest BCUT2D eigenvalue weighted by molar-refractivity contribution is -0.116. The molecule has 0 spiro atoms. The number of sulfonamides is 1. The quantitative estimate of drug-likeness (QED) is 0.888. The van der Waals surface area contributed by atoms with Gasteiger partial charge in [0.2, 0.25) is 5.91 Å². The van der Waals surface area contributed by atoms with Crippen molar-refractivity contribution in [3.63, 3.8) is 0 Å². The SMILES string of the molecule is CCCC(=O)Nc1ccc2c(c1)N(S(=O)(=O)c1ccccc1)CCC2. The summed E-state index contributed by atoms with van der Waals surface area (Å²) in [4.78, 5) is 12.1. The Hall–Kier alpha value is -2.34. The fourth-order valence-electron chi connectivity index (χ4n) is 3.04. The second-order valence-corrected chi connectivity index (χ2v) is 8.00. The third kappa shape index (κ3) is 3.69. The van der Waals surface area contributed by atoms with Gasteiger partial charge in [-0.05, 0) is 49.1 Å². The van der Waals surface area contributed by atoms with E-state index in [9.17, 15) is 13.2 Å². The van der Waals surface area contributed by atoms with Crippen LogP contribution in [0.4, 0.5) is 11.4 Å². The van der Waals surface area contributed by atoms with Gasteiger partial charge in [0.05, 0.1) is 10.6 Å². The van der Waals surface area contributed by atoms with E-state index in [2.05, 4.69) is 5.32 Å². The van der Waals surface area contributed by atoms with Gasteiger partial charge in [0, 0.05) is 18.7 Å². The van der Waals surface area contributed by atoms with Crippen molar-refractivity contribution in [1.82, 2.24) is 0 Å². The number of anilines is 2. The highest BCUT2D eigenvalue weighted by Gasteiger charge is 2.29. The average Bonchev–Trinajstić information content (AvgIpc) is 2.62. The smallest absolute Gasteiger partial charge is 0.264 e. The van der Waals surface area contributed by atoms with Gasteiger partial charge in [-0.3, -0.25) is 9.10 Å². The first kappa shape index (κ1) is 17.5. The molecule has 132 valence electrons. The van der Waals surface area contributed by atoms with Crippen LogP contribution in [0.1, 0.15) is 31.7 Å². The fraction of sp³-hybridized carbons (Fsp3) is 0.316. The van der Waals surface area contributed by atoms with Gasteiger partial charge < -0.3 is 5.32 Å². The highest BCUT2D eigenvalue weighted by atomic mass is 32.2. The lowest BCUT2D eigenvalue weighted by atomic mass is 10.0. The van der Waals surface area contributed by atoms with Crippen LogP contribution in [0.2, 0.25) is 0 Å². The highest BCUT2D eigenvalue weighted by molar-refractivity contribution is 7.92. The predicted molar refractivity (Wildman–Crippen MR) is 99.3 cm³/mol. The summed E-state index contributed by atoms with van der Waals surface area (Å²) in [6.45, 7) is 2.39. The van der Waals surface area contributed by atoms with Gasteiger partial charge >= 0.3 is 0 Å². The first-order valence-electron chi connectivity index (χ1n) is 8.53. The molecule has 0 atom stereocenters. The van der Waals surface area contributed by atoms with E-state index in [0.29, 0.717) is 24.3 Å². The summed E-state index contributed by atoms with van der Waals surface area (Å²) in [7, 11) is -3.61. The molecule has 0 bridgehead atoms. The summed E-state index contributed by atoms with van der Waals surface area (Å²) in [5, 5.41) is 2.84. The summed E-state index contributed by atoms with van der Waals surface area (Å²) < 4.78 is 27.5. The van der Waals surface area contributed by atoms with E-state index in [0.717, 1.165) is 24.8 Å². The van der Waals surface area contributed by atoms with E-state index in [4.69, 9.17) is 0 Å². The second-order valence-electron chi connectivity index (χ2n) is 6.14. The largest absolute Gasteiger partial charge is 0.326 e. The molecule has 0 saturated carbocycles. The van der Waals surface area contributed by atoms with E-state index in [1.807, 2.05) is 19.1 Å². The Morgan fingerprint density at radius 2 is 1.92 bits per heavy atom. The fourth-order valence-corrected chi connectivity index (χ4v) is 4.59. The van der Waals surface area contributed by atoms with Crippen LogP contribution in [-0.4, -0.2) is 20.9 Å². The number of hydrogen-bond acceptors (Lipinski definition) is 3. The number of nitrogens with one attached hydrogen (secondary N) is 1. The molecule has 25 heavy (non-hydrogen) atoms. The van der Waals surface area contributed by atoms with Crippen molar-refractivity contribution in [2.24, 2.45) is 0 Å². The molecule has 0 radical (unpaired) electrons. The third-order valence-electron chi connectivity index (χ3n) is 4.25. The van der Waals surface area contributed by atoms with Gasteiger partial charge in [0.25, 0.3) is 10.0 Å². The molecule has 2 aromatic carbocycles. The number of benzene rings is 2. The van der Waals surface area contributed by atoms with Crippen molar-refractivity contribution in [2.75, 3.05) is 16.2 Å². The highest BCUT2D eigenvalue weighted by Crippen LogP contribution is 2.34. The molecule has 0 saturated heterocycles. The number of aryl methyl sites for hydroxylation is 1. The van der Waals surface area contributed by atoms with Crippen LogP contribution in [0.15, 0.2) is 53.4 Å². The molecular weight excluding hydrogens is 336 g/mol. The van der Waals surface area contributed by atoms with Crippen molar-refractivity contribution in [3.05, 3.63) is 54.1 Å². The Morgan fingerprint density at radius 1 is 1.16 bits per heavy atom. The van der Waals surface area contributed by atoms with Crippen LogP contribution < -0.4 is 9.62 Å². The maximum absolute atomic E-state index is 13.0. The molecule has 1 heterocycles. The Morgan fingerprint density at radius 3 is 2.64 bits per heavy atom. The Balaban J connectivity index is 1.96. The Kier molecular flexibility index (Phi) is 5.08. The Bertz CT molecular complexity index is 863. The van der Waals surface area contributed by atoms with Crippen LogP contribution in [0, 0.1) is 0 Å². The summed E-state index contributed by atoms with van der Waals surface area (Å²) in [6, 6.07) is 14.0. The third-order valence-corrected chi connectivity index (χ3v) is 6.08. The lowest BCUT2D eigenvalue weighted by Crippen LogP contribution is -2.35. The van der Waals surface area contributed by atoms with E-state index in [1.54, 1.807) is 36.4 Å². The van der Waals surface area contributed by atoms with Crippen molar-refractivity contribution in [2.45, 2.75) is 37.5 Å².